The second-order valence-electron chi connectivity index (χ2n) is 16.6. The second-order valence-corrected chi connectivity index (χ2v) is 16.6. The van der Waals surface area contributed by atoms with E-state index in [0.717, 1.165) is 44.9 Å². The quantitative estimate of drug-likeness (QED) is 0.166. The van der Waals surface area contributed by atoms with Crippen LogP contribution in [0, 0.1) is 50.2 Å². The van der Waals surface area contributed by atoms with Crippen molar-refractivity contribution in [3.63, 3.8) is 0 Å². The predicted octanol–water partition coefficient (Wildman–Crippen LogP) is 6.73. The zero-order valence-corrected chi connectivity index (χ0v) is 26.7. The Balaban J connectivity index is 1.46. The normalized spacial score (nSPS) is 44.5. The van der Waals surface area contributed by atoms with E-state index in [-0.39, 0.29) is 40.6 Å². The van der Waals surface area contributed by atoms with Gasteiger partial charge in [0.25, 0.3) is 0 Å². The molecule has 2 unspecified atom stereocenters. The summed E-state index contributed by atoms with van der Waals surface area (Å²) < 4.78 is 18.8. The van der Waals surface area contributed by atoms with Gasteiger partial charge in [-0.15, -0.1) is 0 Å². The summed E-state index contributed by atoms with van der Waals surface area (Å²) in [6.45, 7) is 15.7. The molecule has 0 bridgehead atoms. The van der Waals surface area contributed by atoms with Gasteiger partial charge in [-0.25, -0.2) is 0 Å². The van der Waals surface area contributed by atoms with Gasteiger partial charge >= 0.3 is 11.9 Å². The maximum absolute atomic E-state index is 13.1. The average Bonchev–Trinajstić information content (AvgIpc) is 3.41. The molecule has 6 rings (SSSR count). The van der Waals surface area contributed by atoms with Gasteiger partial charge in [0.1, 0.15) is 19.3 Å². The Bertz CT molecular complexity index is 1180. The molecule has 0 aromatic heterocycles. The van der Waals surface area contributed by atoms with Crippen molar-refractivity contribution in [1.82, 2.24) is 0 Å². The molecule has 0 aromatic carbocycles. The Labute approximate surface area is 251 Å². The van der Waals surface area contributed by atoms with E-state index in [9.17, 15) is 19.5 Å². The summed E-state index contributed by atoms with van der Waals surface area (Å²) in [6, 6.07) is 0. The van der Waals surface area contributed by atoms with Crippen LogP contribution in [-0.2, 0) is 28.6 Å². The molecular formula is C35H52O7. The van der Waals surface area contributed by atoms with Crippen LogP contribution in [0.5, 0.6) is 0 Å². The minimum atomic E-state index is -0.766. The third-order valence-electron chi connectivity index (χ3n) is 14.3. The Hall–Kier alpha value is -1.73. The molecule has 5 aliphatic carbocycles. The standard InChI is InChI=1S/C35H52O7/c1-29(2)12-14-33(28(38)39)15-16-34(22-40-27(37)10-18-36)23(24(33)21-29)7-8-26-31(5)13-17-35(41-19-20-42-35)30(3,4)25(31)9-11-32(26,34)6/h7,18,24-26H,8-17,19-22H2,1-6H3,(H,38,39)/t24-,25?,26?,31-,32+,33-,34-/m0/s1. The Morgan fingerprint density at radius 2 is 1.64 bits per heavy atom. The summed E-state index contributed by atoms with van der Waals surface area (Å²) in [5.41, 5.74) is -0.217. The zero-order chi connectivity index (χ0) is 30.4. The van der Waals surface area contributed by atoms with Crippen LogP contribution in [-0.4, -0.2) is 48.9 Å². The van der Waals surface area contributed by atoms with E-state index >= 15 is 0 Å². The van der Waals surface area contributed by atoms with Crippen LogP contribution in [0.25, 0.3) is 0 Å². The van der Waals surface area contributed by atoms with Crippen LogP contribution in [0.15, 0.2) is 11.6 Å². The van der Waals surface area contributed by atoms with Crippen LogP contribution in [0.2, 0.25) is 0 Å². The topological polar surface area (TPSA) is 99.1 Å². The number of aliphatic carboxylic acids is 1. The lowest BCUT2D eigenvalue weighted by Crippen LogP contribution is -2.68. The predicted molar refractivity (Wildman–Crippen MR) is 157 cm³/mol. The number of fused-ring (bicyclic) bond motifs is 7. The van der Waals surface area contributed by atoms with Gasteiger partial charge in [0, 0.05) is 17.3 Å². The van der Waals surface area contributed by atoms with Crippen LogP contribution >= 0.6 is 0 Å². The first-order chi connectivity index (χ1) is 19.6. The molecule has 1 aliphatic heterocycles. The number of rotatable bonds is 5. The average molecular weight is 585 g/mol. The Morgan fingerprint density at radius 1 is 0.952 bits per heavy atom. The van der Waals surface area contributed by atoms with Crippen LogP contribution in [0.1, 0.15) is 112 Å². The molecule has 0 aromatic rings. The highest BCUT2D eigenvalue weighted by molar-refractivity contribution is 5.83. The number of allylic oxidation sites excluding steroid dienone is 1. The maximum atomic E-state index is 13.1. The van der Waals surface area contributed by atoms with Crippen molar-refractivity contribution in [2.75, 3.05) is 19.8 Å². The summed E-state index contributed by atoms with van der Waals surface area (Å²) in [7, 11) is 0. The molecule has 1 spiro atoms. The highest BCUT2D eigenvalue weighted by Gasteiger charge is 2.73. The van der Waals surface area contributed by atoms with E-state index in [1.165, 1.54) is 5.57 Å². The van der Waals surface area contributed by atoms with Gasteiger partial charge < -0.3 is 24.1 Å². The van der Waals surface area contributed by atoms with Crippen LogP contribution < -0.4 is 0 Å². The van der Waals surface area contributed by atoms with E-state index in [1.54, 1.807) is 0 Å². The molecule has 5 fully saturated rings. The lowest BCUT2D eigenvalue weighted by atomic mass is 9.33. The molecule has 42 heavy (non-hydrogen) atoms. The fourth-order valence-corrected chi connectivity index (χ4v) is 12.0. The number of esters is 1. The minimum absolute atomic E-state index is 0.0338. The molecule has 6 aliphatic rings. The summed E-state index contributed by atoms with van der Waals surface area (Å²) in [6.07, 6.45) is 11.3. The van der Waals surface area contributed by atoms with E-state index in [4.69, 9.17) is 14.2 Å². The summed E-state index contributed by atoms with van der Waals surface area (Å²) in [5.74, 6) is -0.998. The van der Waals surface area contributed by atoms with E-state index < -0.39 is 28.6 Å². The smallest absolute Gasteiger partial charge is 0.313 e. The van der Waals surface area contributed by atoms with Crippen LogP contribution in [0.4, 0.5) is 0 Å². The monoisotopic (exact) mass is 584 g/mol. The van der Waals surface area contributed by atoms with Gasteiger partial charge in [-0.1, -0.05) is 53.2 Å². The largest absolute Gasteiger partial charge is 0.481 e. The Kier molecular flexibility index (Phi) is 6.95. The van der Waals surface area contributed by atoms with Crippen molar-refractivity contribution >= 4 is 18.2 Å². The van der Waals surface area contributed by atoms with Gasteiger partial charge in [0.15, 0.2) is 5.79 Å². The fourth-order valence-electron chi connectivity index (χ4n) is 12.0. The number of ether oxygens (including phenoxy) is 3. The second kappa shape index (κ2) is 9.63. The molecule has 1 heterocycles. The SMILES string of the molecule is CC1(C)CC[C@]2(C(=O)O)CC[C@]3(COC(=O)CC=O)C(=CCC4[C@@]5(C)CCC6(OCCO6)C(C)(C)C5CC[C@]43C)[C@@H]2C1. The first-order valence-electron chi connectivity index (χ1n) is 16.4. The van der Waals surface area contributed by atoms with Gasteiger partial charge in [-0.3, -0.25) is 9.59 Å². The number of carboxylic acid groups (broad SMARTS) is 1. The van der Waals surface area contributed by atoms with E-state index in [0.29, 0.717) is 50.6 Å². The third kappa shape index (κ3) is 3.87. The molecule has 1 saturated heterocycles. The van der Waals surface area contributed by atoms with Crippen molar-refractivity contribution in [2.45, 2.75) is 118 Å². The molecule has 1 N–H and O–H groups in total. The van der Waals surface area contributed by atoms with E-state index in [2.05, 4.69) is 47.6 Å². The first kappa shape index (κ1) is 30.3. The fraction of sp³-hybridized carbons (Fsp3) is 0.857. The molecular weight excluding hydrogens is 532 g/mol. The van der Waals surface area contributed by atoms with Crippen molar-refractivity contribution in [2.24, 2.45) is 50.2 Å². The number of carbonyl (C=O) groups excluding carboxylic acids is 2. The van der Waals surface area contributed by atoms with Crippen LogP contribution in [0.3, 0.4) is 0 Å². The van der Waals surface area contributed by atoms with Crippen molar-refractivity contribution in [1.29, 1.82) is 0 Å². The molecule has 7 nitrogen and oxygen atoms in total. The molecule has 0 amide bonds. The van der Waals surface area contributed by atoms with Gasteiger partial charge in [-0.2, -0.15) is 0 Å². The van der Waals surface area contributed by atoms with Gasteiger partial charge in [-0.05, 0) is 91.8 Å². The van der Waals surface area contributed by atoms with Gasteiger partial charge in [0.2, 0.25) is 0 Å². The summed E-state index contributed by atoms with van der Waals surface area (Å²) in [5, 5.41) is 10.7. The highest BCUT2D eigenvalue weighted by atomic mass is 16.7. The number of aldehydes is 1. The lowest BCUT2D eigenvalue weighted by Gasteiger charge is -2.72. The maximum Gasteiger partial charge on any atom is 0.313 e. The first-order valence-corrected chi connectivity index (χ1v) is 16.4. The molecule has 0 radical (unpaired) electrons. The third-order valence-corrected chi connectivity index (χ3v) is 14.3. The van der Waals surface area contributed by atoms with Crippen molar-refractivity contribution < 1.29 is 33.7 Å². The van der Waals surface area contributed by atoms with Crippen molar-refractivity contribution in [3.05, 3.63) is 11.6 Å². The van der Waals surface area contributed by atoms with Gasteiger partial charge in [0.05, 0.1) is 18.6 Å². The highest BCUT2D eigenvalue weighted by Crippen LogP contribution is 2.77. The number of carboxylic acids is 1. The Morgan fingerprint density at radius 3 is 2.31 bits per heavy atom. The van der Waals surface area contributed by atoms with Crippen molar-refractivity contribution in [3.8, 4) is 0 Å². The summed E-state index contributed by atoms with van der Waals surface area (Å²) in [4.78, 5) is 37.0. The molecule has 7 atom stereocenters. The van der Waals surface area contributed by atoms with E-state index in [1.807, 2.05) is 0 Å². The summed E-state index contributed by atoms with van der Waals surface area (Å²) >= 11 is 0. The molecule has 7 heteroatoms. The zero-order valence-electron chi connectivity index (χ0n) is 26.7. The molecule has 4 saturated carbocycles. The number of carbonyl (C=O) groups is 3. The number of hydrogen-bond acceptors (Lipinski definition) is 6. The number of hydrogen-bond donors (Lipinski definition) is 1. The molecule has 234 valence electrons. The minimum Gasteiger partial charge on any atom is -0.481 e. The lowest BCUT2D eigenvalue weighted by molar-refractivity contribution is -0.308.